The number of ether oxygens (including phenoxy) is 2. The van der Waals surface area contributed by atoms with Gasteiger partial charge >= 0.3 is 0 Å². The van der Waals surface area contributed by atoms with Gasteiger partial charge in [-0.05, 0) is 51.2 Å². The summed E-state index contributed by atoms with van der Waals surface area (Å²) in [5.41, 5.74) is 1.08. The van der Waals surface area contributed by atoms with Crippen LogP contribution in [0.2, 0.25) is 0 Å². The van der Waals surface area contributed by atoms with Crippen LogP contribution in [0.5, 0.6) is 5.75 Å². The second-order valence-electron chi connectivity index (χ2n) is 5.81. The molecule has 1 aromatic carbocycles. The van der Waals surface area contributed by atoms with Crippen LogP contribution in [0, 0.1) is 0 Å². The molecule has 0 radical (unpaired) electrons. The third-order valence-corrected chi connectivity index (χ3v) is 3.40. The Morgan fingerprint density at radius 1 is 1.38 bits per heavy atom. The van der Waals surface area contributed by atoms with E-state index in [0.29, 0.717) is 19.2 Å². The second kappa shape index (κ2) is 8.22. The minimum absolute atomic E-state index is 0.307. The van der Waals surface area contributed by atoms with E-state index < -0.39 is 6.10 Å². The molecule has 2 unspecified atom stereocenters. The Kier molecular flexibility index (Phi) is 6.29. The number of nitrogens with zero attached hydrogens (tertiary/aromatic N) is 1. The lowest BCUT2D eigenvalue weighted by Gasteiger charge is -2.24. The van der Waals surface area contributed by atoms with Crippen LogP contribution in [0.3, 0.4) is 0 Å². The number of aliphatic hydroxyl groups excluding tert-OH is 1. The molecule has 0 aliphatic carbocycles. The van der Waals surface area contributed by atoms with Gasteiger partial charge in [-0.1, -0.05) is 0 Å². The first-order chi connectivity index (χ1) is 10.1. The van der Waals surface area contributed by atoms with Gasteiger partial charge in [0.05, 0.1) is 6.61 Å². The molecule has 0 bridgehead atoms. The molecule has 1 aliphatic heterocycles. The van der Waals surface area contributed by atoms with Crippen molar-refractivity contribution in [3.8, 4) is 5.75 Å². The molecule has 2 rings (SSSR count). The van der Waals surface area contributed by atoms with Crippen molar-refractivity contribution in [1.82, 2.24) is 4.90 Å². The smallest absolute Gasteiger partial charge is 0.119 e. The SMILES string of the molecule is CN(C)CC(O)COc1ccc(NC2CCCOC2)cc1. The summed E-state index contributed by atoms with van der Waals surface area (Å²) in [6.07, 6.45) is 1.79. The molecule has 0 saturated carbocycles. The fourth-order valence-electron chi connectivity index (χ4n) is 2.40. The lowest BCUT2D eigenvalue weighted by molar-refractivity contribution is 0.0831. The van der Waals surface area contributed by atoms with Gasteiger partial charge in [0.1, 0.15) is 18.5 Å². The fourth-order valence-corrected chi connectivity index (χ4v) is 2.40. The van der Waals surface area contributed by atoms with E-state index >= 15 is 0 Å². The Labute approximate surface area is 126 Å². The van der Waals surface area contributed by atoms with E-state index in [0.717, 1.165) is 37.5 Å². The summed E-state index contributed by atoms with van der Waals surface area (Å²) in [6.45, 7) is 2.55. The zero-order valence-corrected chi connectivity index (χ0v) is 12.9. The first-order valence-corrected chi connectivity index (χ1v) is 7.53. The Balaban J connectivity index is 1.76. The Hall–Kier alpha value is -1.30. The van der Waals surface area contributed by atoms with Gasteiger partial charge in [0.25, 0.3) is 0 Å². The van der Waals surface area contributed by atoms with Gasteiger partial charge in [0.15, 0.2) is 0 Å². The van der Waals surface area contributed by atoms with Crippen LogP contribution in [0.1, 0.15) is 12.8 Å². The number of hydrogen-bond donors (Lipinski definition) is 2. The highest BCUT2D eigenvalue weighted by molar-refractivity contribution is 5.47. The highest BCUT2D eigenvalue weighted by atomic mass is 16.5. The standard InChI is InChI=1S/C16H26N2O3/c1-18(2)10-15(19)12-21-16-7-5-13(6-8-16)17-14-4-3-9-20-11-14/h5-8,14-15,17,19H,3-4,9-12H2,1-2H3. The van der Waals surface area contributed by atoms with Crippen molar-refractivity contribution < 1.29 is 14.6 Å². The van der Waals surface area contributed by atoms with Gasteiger partial charge in [0, 0.05) is 24.9 Å². The number of aliphatic hydroxyl groups is 1. The van der Waals surface area contributed by atoms with Gasteiger partial charge in [-0.15, -0.1) is 0 Å². The lowest BCUT2D eigenvalue weighted by atomic mass is 10.1. The molecule has 118 valence electrons. The summed E-state index contributed by atoms with van der Waals surface area (Å²) in [6, 6.07) is 8.25. The number of likely N-dealkylation sites (N-methyl/N-ethyl adjacent to an activating group) is 1. The van der Waals surface area contributed by atoms with Crippen LogP contribution < -0.4 is 10.1 Å². The van der Waals surface area contributed by atoms with Crippen LogP contribution >= 0.6 is 0 Å². The molecule has 2 atom stereocenters. The highest BCUT2D eigenvalue weighted by Gasteiger charge is 2.13. The largest absolute Gasteiger partial charge is 0.491 e. The molecule has 5 nitrogen and oxygen atoms in total. The fraction of sp³-hybridized carbons (Fsp3) is 0.625. The minimum atomic E-state index is -0.475. The third kappa shape index (κ3) is 5.91. The molecular formula is C16H26N2O3. The van der Waals surface area contributed by atoms with Crippen LogP contribution in [0.4, 0.5) is 5.69 Å². The van der Waals surface area contributed by atoms with Crippen molar-refractivity contribution in [2.45, 2.75) is 25.0 Å². The van der Waals surface area contributed by atoms with E-state index in [1.54, 1.807) is 0 Å². The molecule has 5 heteroatoms. The van der Waals surface area contributed by atoms with E-state index in [-0.39, 0.29) is 0 Å². The third-order valence-electron chi connectivity index (χ3n) is 3.40. The summed E-state index contributed by atoms with van der Waals surface area (Å²) < 4.78 is 11.0. The first kappa shape index (κ1) is 16.1. The Morgan fingerprint density at radius 2 is 2.14 bits per heavy atom. The van der Waals surface area contributed by atoms with Crippen LogP contribution in [-0.4, -0.2) is 62.6 Å². The molecule has 21 heavy (non-hydrogen) atoms. The van der Waals surface area contributed by atoms with Crippen molar-refractivity contribution in [1.29, 1.82) is 0 Å². The number of hydrogen-bond acceptors (Lipinski definition) is 5. The zero-order valence-electron chi connectivity index (χ0n) is 12.9. The van der Waals surface area contributed by atoms with E-state index in [1.165, 1.54) is 0 Å². The van der Waals surface area contributed by atoms with Crippen molar-refractivity contribution in [2.24, 2.45) is 0 Å². The molecule has 0 aromatic heterocycles. The maximum absolute atomic E-state index is 9.76. The summed E-state index contributed by atoms with van der Waals surface area (Å²) in [4.78, 5) is 1.94. The number of rotatable bonds is 7. The Bertz CT molecular complexity index is 402. The molecule has 1 aromatic rings. The van der Waals surface area contributed by atoms with Gasteiger partial charge in [-0.2, -0.15) is 0 Å². The molecule has 1 saturated heterocycles. The predicted octanol–water partition coefficient (Wildman–Crippen LogP) is 1.58. The minimum Gasteiger partial charge on any atom is -0.491 e. The maximum atomic E-state index is 9.76. The second-order valence-corrected chi connectivity index (χ2v) is 5.81. The maximum Gasteiger partial charge on any atom is 0.119 e. The van der Waals surface area contributed by atoms with E-state index in [1.807, 2.05) is 43.3 Å². The Morgan fingerprint density at radius 3 is 2.76 bits per heavy atom. The average molecular weight is 294 g/mol. The summed E-state index contributed by atoms with van der Waals surface area (Å²) in [5, 5.41) is 13.2. The lowest BCUT2D eigenvalue weighted by Crippen LogP contribution is -2.30. The topological polar surface area (TPSA) is 54.0 Å². The van der Waals surface area contributed by atoms with E-state index in [2.05, 4.69) is 5.32 Å². The molecule has 2 N–H and O–H groups in total. The van der Waals surface area contributed by atoms with Crippen LogP contribution in [-0.2, 0) is 4.74 Å². The van der Waals surface area contributed by atoms with Gasteiger partial charge in [-0.25, -0.2) is 0 Å². The number of benzene rings is 1. The normalized spacial score (nSPS) is 20.3. The molecule has 1 fully saturated rings. The highest BCUT2D eigenvalue weighted by Crippen LogP contribution is 2.18. The van der Waals surface area contributed by atoms with Crippen molar-refractivity contribution in [3.05, 3.63) is 24.3 Å². The molecule has 0 amide bonds. The monoisotopic (exact) mass is 294 g/mol. The number of anilines is 1. The summed E-state index contributed by atoms with van der Waals surface area (Å²) in [5.74, 6) is 0.776. The van der Waals surface area contributed by atoms with Crippen LogP contribution in [0.25, 0.3) is 0 Å². The van der Waals surface area contributed by atoms with Crippen molar-refractivity contribution in [2.75, 3.05) is 45.8 Å². The molecule has 1 aliphatic rings. The van der Waals surface area contributed by atoms with Crippen molar-refractivity contribution in [3.63, 3.8) is 0 Å². The van der Waals surface area contributed by atoms with Gasteiger partial charge < -0.3 is 24.8 Å². The molecule has 0 spiro atoms. The quantitative estimate of drug-likeness (QED) is 0.799. The van der Waals surface area contributed by atoms with Crippen LogP contribution in [0.15, 0.2) is 24.3 Å². The van der Waals surface area contributed by atoms with Gasteiger partial charge in [0.2, 0.25) is 0 Å². The summed E-state index contributed by atoms with van der Waals surface area (Å²) in [7, 11) is 3.86. The molecular weight excluding hydrogens is 268 g/mol. The zero-order chi connectivity index (χ0) is 15.1. The molecule has 1 heterocycles. The number of nitrogens with one attached hydrogen (secondary N) is 1. The van der Waals surface area contributed by atoms with E-state index in [4.69, 9.17) is 9.47 Å². The predicted molar refractivity (Wildman–Crippen MR) is 84.0 cm³/mol. The summed E-state index contributed by atoms with van der Waals surface area (Å²) >= 11 is 0. The first-order valence-electron chi connectivity index (χ1n) is 7.53. The van der Waals surface area contributed by atoms with E-state index in [9.17, 15) is 5.11 Å². The average Bonchev–Trinajstić information content (AvgIpc) is 2.47. The van der Waals surface area contributed by atoms with Crippen molar-refractivity contribution >= 4 is 5.69 Å². The van der Waals surface area contributed by atoms with Gasteiger partial charge in [-0.3, -0.25) is 0 Å².